The largest absolute Gasteiger partial charge is 0.461 e. The van der Waals surface area contributed by atoms with E-state index in [1.165, 1.54) is 6.07 Å². The zero-order valence-corrected chi connectivity index (χ0v) is 14.3. The minimum Gasteiger partial charge on any atom is -0.461 e. The molecule has 1 amide bonds. The third-order valence-electron chi connectivity index (χ3n) is 4.55. The first-order valence-corrected chi connectivity index (χ1v) is 8.38. The van der Waals surface area contributed by atoms with Crippen LogP contribution in [-0.2, 0) is 11.2 Å². The van der Waals surface area contributed by atoms with E-state index in [0.29, 0.717) is 36.5 Å². The van der Waals surface area contributed by atoms with Gasteiger partial charge in [0.1, 0.15) is 17.3 Å². The number of furan rings is 1. The first-order valence-electron chi connectivity index (χ1n) is 8.38. The van der Waals surface area contributed by atoms with Crippen molar-refractivity contribution in [1.82, 2.24) is 5.32 Å². The molecule has 0 aliphatic carbocycles. The van der Waals surface area contributed by atoms with Gasteiger partial charge in [-0.15, -0.1) is 0 Å². The summed E-state index contributed by atoms with van der Waals surface area (Å²) in [6.45, 7) is 4.46. The smallest absolute Gasteiger partial charge is 0.220 e. The molecular weight excluding hydrogens is 307 g/mol. The van der Waals surface area contributed by atoms with Gasteiger partial charge in [0.2, 0.25) is 5.91 Å². The maximum Gasteiger partial charge on any atom is 0.220 e. The number of carbonyl (C=O) groups excluding carboxylic acids is 1. The van der Waals surface area contributed by atoms with Crippen molar-refractivity contribution < 1.29 is 13.6 Å². The molecule has 1 aromatic heterocycles. The molecule has 24 heavy (non-hydrogen) atoms. The number of carbonyl (C=O) groups is 1. The van der Waals surface area contributed by atoms with Crippen LogP contribution in [0.15, 0.2) is 40.8 Å². The summed E-state index contributed by atoms with van der Waals surface area (Å²) in [5.74, 6) is 0.763. The predicted octanol–water partition coefficient (Wildman–Crippen LogP) is 3.65. The molecule has 1 aromatic carbocycles. The molecule has 0 fully saturated rings. The van der Waals surface area contributed by atoms with Crippen LogP contribution in [0.25, 0.3) is 11.3 Å². The Kier molecular flexibility index (Phi) is 6.15. The second-order valence-electron chi connectivity index (χ2n) is 5.99. The molecule has 0 saturated heterocycles. The second kappa shape index (κ2) is 8.11. The summed E-state index contributed by atoms with van der Waals surface area (Å²) in [4.78, 5) is 12.2. The van der Waals surface area contributed by atoms with Crippen molar-refractivity contribution in [3.63, 3.8) is 0 Å². The topological polar surface area (TPSA) is 68.3 Å². The molecule has 5 heteroatoms. The molecule has 0 radical (unpaired) electrons. The maximum atomic E-state index is 13.8. The van der Waals surface area contributed by atoms with Crippen molar-refractivity contribution in [2.75, 3.05) is 6.54 Å². The number of halogens is 1. The van der Waals surface area contributed by atoms with Gasteiger partial charge in [0.25, 0.3) is 0 Å². The van der Waals surface area contributed by atoms with E-state index in [-0.39, 0.29) is 17.3 Å². The van der Waals surface area contributed by atoms with Gasteiger partial charge in [0, 0.05) is 19.4 Å². The molecular formula is C19H25FN2O2. The third-order valence-corrected chi connectivity index (χ3v) is 4.55. The summed E-state index contributed by atoms with van der Waals surface area (Å²) in [6, 6.07) is 9.97. The van der Waals surface area contributed by atoms with Gasteiger partial charge in [-0.05, 0) is 37.1 Å². The summed E-state index contributed by atoms with van der Waals surface area (Å²) in [5, 5.41) is 3.03. The fraction of sp³-hybridized carbons (Fsp3) is 0.421. The van der Waals surface area contributed by atoms with Gasteiger partial charge in [-0.1, -0.05) is 26.0 Å². The number of benzene rings is 1. The SMILES string of the molecule is CCC(CC)(CN)NC(=O)CCc1ccc(-c2ccccc2F)o1. The summed E-state index contributed by atoms with van der Waals surface area (Å²) in [5.41, 5.74) is 5.89. The van der Waals surface area contributed by atoms with Crippen LogP contribution in [0.4, 0.5) is 4.39 Å². The zero-order chi connectivity index (χ0) is 17.6. The lowest BCUT2D eigenvalue weighted by molar-refractivity contribution is -0.123. The van der Waals surface area contributed by atoms with E-state index in [2.05, 4.69) is 5.32 Å². The normalized spacial score (nSPS) is 11.5. The van der Waals surface area contributed by atoms with Crippen molar-refractivity contribution in [3.05, 3.63) is 48.0 Å². The minimum atomic E-state index is -0.335. The lowest BCUT2D eigenvalue weighted by Crippen LogP contribution is -2.52. The van der Waals surface area contributed by atoms with Crippen molar-refractivity contribution in [3.8, 4) is 11.3 Å². The van der Waals surface area contributed by atoms with Crippen molar-refractivity contribution in [1.29, 1.82) is 0 Å². The molecule has 130 valence electrons. The molecule has 3 N–H and O–H groups in total. The molecule has 0 saturated carbocycles. The molecule has 2 aromatic rings. The number of nitrogens with one attached hydrogen (secondary N) is 1. The van der Waals surface area contributed by atoms with Crippen molar-refractivity contribution in [2.24, 2.45) is 5.73 Å². The average Bonchev–Trinajstić information content (AvgIpc) is 3.07. The number of rotatable bonds is 8. The van der Waals surface area contributed by atoms with Crippen LogP contribution in [0.2, 0.25) is 0 Å². The van der Waals surface area contributed by atoms with E-state index in [1.807, 2.05) is 13.8 Å². The molecule has 0 aliphatic heterocycles. The number of hydrogen-bond donors (Lipinski definition) is 2. The third kappa shape index (κ3) is 4.23. The summed E-state index contributed by atoms with van der Waals surface area (Å²) < 4.78 is 19.4. The summed E-state index contributed by atoms with van der Waals surface area (Å²) in [7, 11) is 0. The van der Waals surface area contributed by atoms with Crippen LogP contribution in [0.1, 0.15) is 38.9 Å². The first kappa shape index (κ1) is 18.2. The minimum absolute atomic E-state index is 0.0482. The fourth-order valence-electron chi connectivity index (χ4n) is 2.68. The lowest BCUT2D eigenvalue weighted by atomic mass is 9.92. The molecule has 0 aliphatic rings. The highest BCUT2D eigenvalue weighted by atomic mass is 19.1. The van der Waals surface area contributed by atoms with Gasteiger partial charge in [-0.3, -0.25) is 4.79 Å². The van der Waals surface area contributed by atoms with Crippen LogP contribution in [0, 0.1) is 5.82 Å². The van der Waals surface area contributed by atoms with Gasteiger partial charge >= 0.3 is 0 Å². The Bertz CT molecular complexity index is 669. The van der Waals surface area contributed by atoms with E-state index in [4.69, 9.17) is 10.2 Å². The first-order chi connectivity index (χ1) is 11.5. The fourth-order valence-corrected chi connectivity index (χ4v) is 2.68. The molecule has 0 bridgehead atoms. The van der Waals surface area contributed by atoms with E-state index in [9.17, 15) is 9.18 Å². The van der Waals surface area contributed by atoms with Gasteiger partial charge < -0.3 is 15.5 Å². The van der Waals surface area contributed by atoms with E-state index < -0.39 is 0 Å². The quantitative estimate of drug-likeness (QED) is 0.775. The van der Waals surface area contributed by atoms with Crippen LogP contribution < -0.4 is 11.1 Å². The number of aryl methyl sites for hydroxylation is 1. The molecule has 0 spiro atoms. The summed E-state index contributed by atoms with van der Waals surface area (Å²) >= 11 is 0. The van der Waals surface area contributed by atoms with Crippen LogP contribution in [0.5, 0.6) is 0 Å². The number of amides is 1. The molecule has 2 rings (SSSR count). The highest BCUT2D eigenvalue weighted by molar-refractivity contribution is 5.77. The zero-order valence-electron chi connectivity index (χ0n) is 14.3. The Morgan fingerprint density at radius 2 is 1.92 bits per heavy atom. The standard InChI is InChI=1S/C19H25FN2O2/c1-3-19(4-2,13-21)22-18(23)12-10-14-9-11-17(24-14)15-7-5-6-8-16(15)20/h5-9,11H,3-4,10,12-13,21H2,1-2H3,(H,22,23). The van der Waals surface area contributed by atoms with Crippen LogP contribution in [0.3, 0.4) is 0 Å². The summed E-state index contributed by atoms with van der Waals surface area (Å²) in [6.07, 6.45) is 2.37. The Morgan fingerprint density at radius 3 is 2.54 bits per heavy atom. The monoisotopic (exact) mass is 332 g/mol. The van der Waals surface area contributed by atoms with Gasteiger partial charge in [0.15, 0.2) is 0 Å². The van der Waals surface area contributed by atoms with E-state index in [1.54, 1.807) is 30.3 Å². The van der Waals surface area contributed by atoms with Crippen molar-refractivity contribution in [2.45, 2.75) is 45.1 Å². The second-order valence-corrected chi connectivity index (χ2v) is 5.99. The highest BCUT2D eigenvalue weighted by Gasteiger charge is 2.26. The average molecular weight is 332 g/mol. The molecule has 1 heterocycles. The molecule has 0 unspecified atom stereocenters. The van der Waals surface area contributed by atoms with Crippen LogP contribution in [-0.4, -0.2) is 18.0 Å². The van der Waals surface area contributed by atoms with Gasteiger partial charge in [-0.25, -0.2) is 4.39 Å². The Morgan fingerprint density at radius 1 is 1.21 bits per heavy atom. The van der Waals surface area contributed by atoms with E-state index in [0.717, 1.165) is 12.8 Å². The van der Waals surface area contributed by atoms with Gasteiger partial charge in [-0.2, -0.15) is 0 Å². The molecule has 0 atom stereocenters. The van der Waals surface area contributed by atoms with Crippen molar-refractivity contribution >= 4 is 5.91 Å². The number of hydrogen-bond acceptors (Lipinski definition) is 3. The molecule has 4 nitrogen and oxygen atoms in total. The number of nitrogens with two attached hydrogens (primary N) is 1. The predicted molar refractivity (Wildman–Crippen MR) is 92.9 cm³/mol. The highest BCUT2D eigenvalue weighted by Crippen LogP contribution is 2.25. The van der Waals surface area contributed by atoms with Gasteiger partial charge in [0.05, 0.1) is 11.1 Å². The Balaban J connectivity index is 1.96. The lowest BCUT2D eigenvalue weighted by Gasteiger charge is -2.31. The maximum absolute atomic E-state index is 13.8. The Labute approximate surface area is 142 Å². The van der Waals surface area contributed by atoms with Crippen LogP contribution >= 0.6 is 0 Å². The van der Waals surface area contributed by atoms with E-state index >= 15 is 0 Å². The Hall–Kier alpha value is -2.14.